The van der Waals surface area contributed by atoms with Crippen molar-refractivity contribution in [2.24, 2.45) is 7.05 Å². The number of carbonyl (C=O) groups excluding carboxylic acids is 1. The minimum atomic E-state index is -0.343. The molecule has 98 valence electrons. The molecule has 1 N–H and O–H groups in total. The van der Waals surface area contributed by atoms with Crippen LogP contribution in [0.15, 0.2) is 30.6 Å². The first-order chi connectivity index (χ1) is 9.13. The summed E-state index contributed by atoms with van der Waals surface area (Å²) in [5.41, 5.74) is 1.13. The Morgan fingerprint density at radius 1 is 1.58 bits per heavy atom. The van der Waals surface area contributed by atoms with Crippen LogP contribution in [0.4, 0.5) is 4.39 Å². The van der Waals surface area contributed by atoms with Crippen molar-refractivity contribution >= 4 is 5.91 Å². The third-order valence-corrected chi connectivity index (χ3v) is 3.03. The van der Waals surface area contributed by atoms with Gasteiger partial charge in [-0.3, -0.25) is 9.48 Å². The van der Waals surface area contributed by atoms with Crippen molar-refractivity contribution in [3.63, 3.8) is 0 Å². The number of aromatic nitrogens is 2. The van der Waals surface area contributed by atoms with Crippen LogP contribution in [-0.4, -0.2) is 22.3 Å². The zero-order valence-electron chi connectivity index (χ0n) is 10.3. The molecule has 1 unspecified atom stereocenters. The Bertz CT molecular complexity index is 639. The molecule has 2 aromatic rings. The van der Waals surface area contributed by atoms with Crippen LogP contribution in [0.25, 0.3) is 0 Å². The van der Waals surface area contributed by atoms with E-state index in [0.29, 0.717) is 23.5 Å². The molecule has 1 aromatic carbocycles. The van der Waals surface area contributed by atoms with Gasteiger partial charge in [0.15, 0.2) is 0 Å². The minimum absolute atomic E-state index is 0.251. The average Bonchev–Trinajstić information content (AvgIpc) is 2.97. The van der Waals surface area contributed by atoms with Gasteiger partial charge in [-0.2, -0.15) is 5.10 Å². The van der Waals surface area contributed by atoms with E-state index in [1.54, 1.807) is 24.0 Å². The molecule has 0 aliphatic carbocycles. The lowest BCUT2D eigenvalue weighted by Gasteiger charge is -2.10. The maximum Gasteiger partial charge on any atom is 0.255 e. The maximum absolute atomic E-state index is 13.2. The van der Waals surface area contributed by atoms with Crippen LogP contribution in [0.1, 0.15) is 22.0 Å². The SMILES string of the molecule is Cn1cc(C(=O)NC2COc3ccc(F)cc32)cn1. The van der Waals surface area contributed by atoms with Gasteiger partial charge >= 0.3 is 0 Å². The van der Waals surface area contributed by atoms with Crippen molar-refractivity contribution in [3.8, 4) is 5.75 Å². The Balaban J connectivity index is 1.79. The van der Waals surface area contributed by atoms with Crippen molar-refractivity contribution < 1.29 is 13.9 Å². The molecule has 19 heavy (non-hydrogen) atoms. The highest BCUT2D eigenvalue weighted by Crippen LogP contribution is 2.32. The summed E-state index contributed by atoms with van der Waals surface area (Å²) in [6.45, 7) is 0.310. The van der Waals surface area contributed by atoms with E-state index >= 15 is 0 Å². The van der Waals surface area contributed by atoms with E-state index in [0.717, 1.165) is 0 Å². The molecule has 1 aliphatic heterocycles. The van der Waals surface area contributed by atoms with Gasteiger partial charge < -0.3 is 10.1 Å². The molecule has 1 atom stereocenters. The summed E-state index contributed by atoms with van der Waals surface area (Å²) in [4.78, 5) is 12.0. The van der Waals surface area contributed by atoms with Gasteiger partial charge in [0.2, 0.25) is 0 Å². The van der Waals surface area contributed by atoms with Crippen molar-refractivity contribution in [2.75, 3.05) is 6.61 Å². The van der Waals surface area contributed by atoms with Gasteiger partial charge in [0, 0.05) is 18.8 Å². The van der Waals surface area contributed by atoms with Crippen molar-refractivity contribution in [1.29, 1.82) is 0 Å². The summed E-state index contributed by atoms with van der Waals surface area (Å²) >= 11 is 0. The lowest BCUT2D eigenvalue weighted by Crippen LogP contribution is -2.29. The quantitative estimate of drug-likeness (QED) is 0.889. The van der Waals surface area contributed by atoms with Gasteiger partial charge in [0.05, 0.1) is 17.8 Å². The molecule has 1 amide bonds. The molecule has 0 spiro atoms. The van der Waals surface area contributed by atoms with E-state index in [-0.39, 0.29) is 17.8 Å². The van der Waals surface area contributed by atoms with Gasteiger partial charge in [-0.05, 0) is 18.2 Å². The zero-order valence-corrected chi connectivity index (χ0v) is 10.3. The fourth-order valence-electron chi connectivity index (χ4n) is 2.09. The molecular formula is C13H12FN3O2. The van der Waals surface area contributed by atoms with Crippen LogP contribution in [0.5, 0.6) is 5.75 Å². The van der Waals surface area contributed by atoms with E-state index in [9.17, 15) is 9.18 Å². The molecule has 0 saturated carbocycles. The summed E-state index contributed by atoms with van der Waals surface area (Å²) in [5, 5.41) is 6.74. The molecule has 0 saturated heterocycles. The molecule has 6 heteroatoms. The highest BCUT2D eigenvalue weighted by molar-refractivity contribution is 5.94. The van der Waals surface area contributed by atoms with Crippen LogP contribution < -0.4 is 10.1 Å². The number of hydrogen-bond acceptors (Lipinski definition) is 3. The fourth-order valence-corrected chi connectivity index (χ4v) is 2.09. The van der Waals surface area contributed by atoms with Gasteiger partial charge in [-0.25, -0.2) is 4.39 Å². The Kier molecular flexibility index (Phi) is 2.70. The van der Waals surface area contributed by atoms with Crippen molar-refractivity contribution in [1.82, 2.24) is 15.1 Å². The average molecular weight is 261 g/mol. The number of carbonyl (C=O) groups is 1. The Hall–Kier alpha value is -2.37. The van der Waals surface area contributed by atoms with Crippen LogP contribution >= 0.6 is 0 Å². The number of nitrogens with zero attached hydrogens (tertiary/aromatic N) is 2. The number of amides is 1. The minimum Gasteiger partial charge on any atom is -0.491 e. The fraction of sp³-hybridized carbons (Fsp3) is 0.231. The van der Waals surface area contributed by atoms with Crippen LogP contribution in [-0.2, 0) is 7.05 Å². The summed E-state index contributed by atoms with van der Waals surface area (Å²) < 4.78 is 20.2. The van der Waals surface area contributed by atoms with Crippen molar-refractivity contribution in [2.45, 2.75) is 6.04 Å². The molecular weight excluding hydrogens is 249 g/mol. The number of hydrogen-bond donors (Lipinski definition) is 1. The number of rotatable bonds is 2. The normalized spacial score (nSPS) is 16.8. The zero-order chi connectivity index (χ0) is 13.4. The third kappa shape index (κ3) is 2.16. The lowest BCUT2D eigenvalue weighted by atomic mass is 10.1. The van der Waals surface area contributed by atoms with Crippen LogP contribution in [0, 0.1) is 5.82 Å². The van der Waals surface area contributed by atoms with Gasteiger partial charge in [0.1, 0.15) is 18.2 Å². The largest absolute Gasteiger partial charge is 0.491 e. The molecule has 1 aliphatic rings. The summed E-state index contributed by atoms with van der Waals surface area (Å²) in [5.74, 6) is 0.0153. The predicted molar refractivity (Wildman–Crippen MR) is 65.3 cm³/mol. The Morgan fingerprint density at radius 2 is 2.42 bits per heavy atom. The monoisotopic (exact) mass is 261 g/mol. The standard InChI is InChI=1S/C13H12FN3O2/c1-17-6-8(5-15-17)13(18)16-11-7-19-12-3-2-9(14)4-10(11)12/h2-6,11H,7H2,1H3,(H,16,18). The Labute approximate surface area is 109 Å². The lowest BCUT2D eigenvalue weighted by molar-refractivity contribution is 0.0930. The van der Waals surface area contributed by atoms with E-state index in [1.807, 2.05) is 0 Å². The number of aryl methyl sites for hydroxylation is 1. The molecule has 1 aromatic heterocycles. The number of halogens is 1. The number of fused-ring (bicyclic) bond motifs is 1. The van der Waals surface area contributed by atoms with Gasteiger partial charge in [-0.1, -0.05) is 0 Å². The topological polar surface area (TPSA) is 56.2 Å². The van der Waals surface area contributed by atoms with Gasteiger partial charge in [0.25, 0.3) is 5.91 Å². The second-order valence-corrected chi connectivity index (χ2v) is 4.42. The second-order valence-electron chi connectivity index (χ2n) is 4.42. The van der Waals surface area contributed by atoms with Crippen LogP contribution in [0.3, 0.4) is 0 Å². The first kappa shape index (κ1) is 11.7. The molecule has 5 nitrogen and oxygen atoms in total. The predicted octanol–water partition coefficient (Wildman–Crippen LogP) is 1.42. The number of nitrogens with one attached hydrogen (secondary N) is 1. The smallest absolute Gasteiger partial charge is 0.255 e. The molecule has 3 rings (SSSR count). The maximum atomic E-state index is 13.2. The molecule has 0 bridgehead atoms. The van der Waals surface area contributed by atoms with Crippen LogP contribution in [0.2, 0.25) is 0 Å². The third-order valence-electron chi connectivity index (χ3n) is 3.03. The molecule has 2 heterocycles. The number of ether oxygens (including phenoxy) is 1. The van der Waals surface area contributed by atoms with E-state index in [1.165, 1.54) is 18.3 Å². The summed E-state index contributed by atoms with van der Waals surface area (Å²) in [6.07, 6.45) is 3.11. The second kappa shape index (κ2) is 4.38. The molecule has 0 radical (unpaired) electrons. The van der Waals surface area contributed by atoms with E-state index in [2.05, 4.69) is 10.4 Å². The summed E-state index contributed by atoms with van der Waals surface area (Å²) in [7, 11) is 1.74. The van der Waals surface area contributed by atoms with Gasteiger partial charge in [-0.15, -0.1) is 0 Å². The first-order valence-electron chi connectivity index (χ1n) is 5.85. The highest BCUT2D eigenvalue weighted by Gasteiger charge is 2.26. The van der Waals surface area contributed by atoms with E-state index in [4.69, 9.17) is 4.74 Å². The number of benzene rings is 1. The first-order valence-corrected chi connectivity index (χ1v) is 5.85. The van der Waals surface area contributed by atoms with Crippen molar-refractivity contribution in [3.05, 3.63) is 47.5 Å². The highest BCUT2D eigenvalue weighted by atomic mass is 19.1. The Morgan fingerprint density at radius 3 is 3.16 bits per heavy atom. The summed E-state index contributed by atoms with van der Waals surface area (Å²) in [6, 6.07) is 3.96. The van der Waals surface area contributed by atoms with E-state index < -0.39 is 0 Å². The molecule has 0 fully saturated rings.